The van der Waals surface area contributed by atoms with E-state index in [1.54, 1.807) is 6.33 Å². The molecule has 0 radical (unpaired) electrons. The highest BCUT2D eigenvalue weighted by atomic mass is 35.5. The number of aryl methyl sites for hydroxylation is 1. The molecule has 3 rings (SSSR count). The van der Waals surface area contributed by atoms with Gasteiger partial charge >= 0.3 is 0 Å². The van der Waals surface area contributed by atoms with E-state index >= 15 is 0 Å². The molecule has 0 aromatic carbocycles. The van der Waals surface area contributed by atoms with Gasteiger partial charge in [0.2, 0.25) is 0 Å². The molecule has 19 heavy (non-hydrogen) atoms. The van der Waals surface area contributed by atoms with E-state index in [1.165, 1.54) is 23.5 Å². The van der Waals surface area contributed by atoms with Crippen LogP contribution in [0.3, 0.4) is 0 Å². The highest BCUT2D eigenvalue weighted by Crippen LogP contribution is 2.37. The molecule has 1 saturated heterocycles. The summed E-state index contributed by atoms with van der Waals surface area (Å²) in [5.74, 6) is 1.80. The van der Waals surface area contributed by atoms with E-state index in [0.717, 1.165) is 26.1 Å². The molecule has 6 heteroatoms. The minimum Gasteiger partial charge on any atom is -0.351 e. The second-order valence-electron chi connectivity index (χ2n) is 5.24. The third-order valence-electron chi connectivity index (χ3n) is 4.03. The first-order valence-corrected chi connectivity index (χ1v) is 6.58. The molecule has 4 nitrogen and oxygen atoms in total. The van der Waals surface area contributed by atoms with Gasteiger partial charge in [-0.1, -0.05) is 6.92 Å². The zero-order chi connectivity index (χ0) is 11.8. The summed E-state index contributed by atoms with van der Waals surface area (Å²) in [4.78, 5) is 11.4. The number of nitrogens with zero attached hydrogens (tertiary/aromatic N) is 3. The van der Waals surface area contributed by atoms with Crippen LogP contribution in [-0.2, 0) is 6.42 Å². The van der Waals surface area contributed by atoms with Gasteiger partial charge in [0.15, 0.2) is 0 Å². The Kier molecular flexibility index (Phi) is 5.83. The molecule has 0 saturated carbocycles. The maximum atomic E-state index is 4.56. The summed E-state index contributed by atoms with van der Waals surface area (Å²) in [5, 5.41) is 3.43. The largest absolute Gasteiger partial charge is 0.351 e. The summed E-state index contributed by atoms with van der Waals surface area (Å²) in [7, 11) is 0. The summed E-state index contributed by atoms with van der Waals surface area (Å²) < 4.78 is 0. The standard InChI is InChI=1S/C13H20N4.2ClH/c1-9-3-4-11-12(9)13(16-8-15-11)17-6-5-14-7-10(17)2;;/h8-10,14H,3-7H2,1-2H3;2*1H/t9-,10+;;/m1../s1. The number of hydrogen-bond acceptors (Lipinski definition) is 4. The molecule has 0 amide bonds. The Morgan fingerprint density at radius 3 is 2.79 bits per heavy atom. The highest BCUT2D eigenvalue weighted by Gasteiger charge is 2.29. The van der Waals surface area contributed by atoms with Crippen molar-refractivity contribution in [2.24, 2.45) is 0 Å². The van der Waals surface area contributed by atoms with Crippen LogP contribution in [0.15, 0.2) is 6.33 Å². The lowest BCUT2D eigenvalue weighted by atomic mass is 10.0. The topological polar surface area (TPSA) is 41.1 Å². The Morgan fingerprint density at radius 1 is 1.26 bits per heavy atom. The Morgan fingerprint density at radius 2 is 2.05 bits per heavy atom. The molecule has 1 fully saturated rings. The number of rotatable bonds is 1. The van der Waals surface area contributed by atoms with Gasteiger partial charge in [-0.2, -0.15) is 0 Å². The Hall–Kier alpha value is -0.580. The van der Waals surface area contributed by atoms with Crippen molar-refractivity contribution in [2.45, 2.75) is 38.6 Å². The van der Waals surface area contributed by atoms with Crippen LogP contribution in [0.4, 0.5) is 5.82 Å². The fourth-order valence-corrected chi connectivity index (χ4v) is 3.01. The molecule has 0 bridgehead atoms. The van der Waals surface area contributed by atoms with E-state index in [9.17, 15) is 0 Å². The van der Waals surface area contributed by atoms with Crippen LogP contribution in [-0.4, -0.2) is 35.6 Å². The van der Waals surface area contributed by atoms with Crippen LogP contribution < -0.4 is 10.2 Å². The van der Waals surface area contributed by atoms with Gasteiger partial charge in [0.25, 0.3) is 0 Å². The van der Waals surface area contributed by atoms with Gasteiger partial charge in [0.1, 0.15) is 12.1 Å². The van der Waals surface area contributed by atoms with Gasteiger partial charge in [0, 0.05) is 36.9 Å². The predicted molar refractivity (Wildman–Crippen MR) is 82.9 cm³/mol. The smallest absolute Gasteiger partial charge is 0.136 e. The van der Waals surface area contributed by atoms with Crippen molar-refractivity contribution < 1.29 is 0 Å². The second-order valence-corrected chi connectivity index (χ2v) is 5.24. The third-order valence-corrected chi connectivity index (χ3v) is 4.03. The summed E-state index contributed by atoms with van der Waals surface area (Å²) in [6, 6.07) is 0.524. The van der Waals surface area contributed by atoms with E-state index in [4.69, 9.17) is 0 Å². The van der Waals surface area contributed by atoms with Crippen LogP contribution in [0, 0.1) is 0 Å². The zero-order valence-corrected chi connectivity index (χ0v) is 13.1. The number of anilines is 1. The molecule has 108 valence electrons. The molecule has 2 heterocycles. The normalized spacial score (nSPS) is 25.3. The van der Waals surface area contributed by atoms with Crippen molar-refractivity contribution in [1.29, 1.82) is 0 Å². The minimum absolute atomic E-state index is 0. The second kappa shape index (κ2) is 6.73. The first-order chi connectivity index (χ1) is 8.27. The lowest BCUT2D eigenvalue weighted by Gasteiger charge is -2.36. The maximum Gasteiger partial charge on any atom is 0.136 e. The van der Waals surface area contributed by atoms with Gasteiger partial charge in [-0.05, 0) is 25.7 Å². The summed E-state index contributed by atoms with van der Waals surface area (Å²) in [5.41, 5.74) is 2.68. The first-order valence-electron chi connectivity index (χ1n) is 6.58. The number of piperazine rings is 1. The van der Waals surface area contributed by atoms with Crippen molar-refractivity contribution in [3.8, 4) is 0 Å². The fourth-order valence-electron chi connectivity index (χ4n) is 3.01. The summed E-state index contributed by atoms with van der Waals surface area (Å²) in [6.45, 7) is 7.72. The van der Waals surface area contributed by atoms with Crippen LogP contribution in [0.1, 0.15) is 37.4 Å². The predicted octanol–water partition coefficient (Wildman–Crippen LogP) is 2.17. The Balaban J connectivity index is 0.000000902. The molecular weight excluding hydrogens is 283 g/mol. The van der Waals surface area contributed by atoms with Crippen molar-refractivity contribution in [2.75, 3.05) is 24.5 Å². The highest BCUT2D eigenvalue weighted by molar-refractivity contribution is 5.85. The molecule has 1 aromatic rings. The molecule has 2 aliphatic rings. The average Bonchev–Trinajstić information content (AvgIpc) is 2.72. The maximum absolute atomic E-state index is 4.56. The molecule has 1 aliphatic heterocycles. The van der Waals surface area contributed by atoms with Gasteiger partial charge in [0.05, 0.1) is 0 Å². The van der Waals surface area contributed by atoms with E-state index in [-0.39, 0.29) is 24.8 Å². The third kappa shape index (κ3) is 2.96. The van der Waals surface area contributed by atoms with E-state index in [0.29, 0.717) is 12.0 Å². The van der Waals surface area contributed by atoms with Crippen molar-refractivity contribution in [3.63, 3.8) is 0 Å². The first kappa shape index (κ1) is 16.5. The molecular formula is C13H22Cl2N4. The SMILES string of the molecule is C[C@@H]1CCc2ncnc(N3CCNC[C@@H]3C)c21.Cl.Cl. The molecule has 1 aromatic heterocycles. The van der Waals surface area contributed by atoms with Gasteiger partial charge in [-0.15, -0.1) is 24.8 Å². The molecule has 2 atom stereocenters. The van der Waals surface area contributed by atoms with Crippen LogP contribution in [0.5, 0.6) is 0 Å². The number of aromatic nitrogens is 2. The number of halogens is 2. The lowest BCUT2D eigenvalue weighted by molar-refractivity contribution is 0.494. The van der Waals surface area contributed by atoms with E-state index < -0.39 is 0 Å². The van der Waals surface area contributed by atoms with Crippen LogP contribution >= 0.6 is 24.8 Å². The zero-order valence-electron chi connectivity index (χ0n) is 11.4. The molecule has 0 spiro atoms. The van der Waals surface area contributed by atoms with Crippen LogP contribution in [0.2, 0.25) is 0 Å². The van der Waals surface area contributed by atoms with Crippen LogP contribution in [0.25, 0.3) is 0 Å². The number of nitrogens with one attached hydrogen (secondary N) is 1. The summed E-state index contributed by atoms with van der Waals surface area (Å²) in [6.07, 6.45) is 4.08. The van der Waals surface area contributed by atoms with Gasteiger partial charge < -0.3 is 10.2 Å². The van der Waals surface area contributed by atoms with Gasteiger partial charge in [-0.25, -0.2) is 9.97 Å². The van der Waals surface area contributed by atoms with E-state index in [2.05, 4.69) is 34.0 Å². The fraction of sp³-hybridized carbons (Fsp3) is 0.692. The Labute approximate surface area is 127 Å². The van der Waals surface area contributed by atoms with Gasteiger partial charge in [-0.3, -0.25) is 0 Å². The quantitative estimate of drug-likeness (QED) is 0.863. The monoisotopic (exact) mass is 304 g/mol. The summed E-state index contributed by atoms with van der Waals surface area (Å²) >= 11 is 0. The number of hydrogen-bond donors (Lipinski definition) is 1. The van der Waals surface area contributed by atoms with E-state index in [1.807, 2.05) is 0 Å². The lowest BCUT2D eigenvalue weighted by Crippen LogP contribution is -2.50. The molecule has 1 aliphatic carbocycles. The van der Waals surface area contributed by atoms with Crippen molar-refractivity contribution in [3.05, 3.63) is 17.6 Å². The van der Waals surface area contributed by atoms with Crippen molar-refractivity contribution in [1.82, 2.24) is 15.3 Å². The molecule has 0 unspecified atom stereocenters. The van der Waals surface area contributed by atoms with Crippen molar-refractivity contribution >= 4 is 30.6 Å². The average molecular weight is 305 g/mol. The Bertz CT molecular complexity index is 427. The number of fused-ring (bicyclic) bond motifs is 1. The minimum atomic E-state index is 0. The molecule has 1 N–H and O–H groups in total.